The molecular weight excluding hydrogens is 332 g/mol. The first-order chi connectivity index (χ1) is 12.4. The van der Waals surface area contributed by atoms with E-state index >= 15 is 0 Å². The standard InChI is InChI=1S/C19H26N4O3/c1-12(2)15(21-16(24)13-6-8-14(25-3)9-7-13)17-22-18(23-26-17)19(20)10-4-5-11-19/h6-9,12,15H,4-5,10-11,20H2,1-3H3,(H,21,24). The van der Waals surface area contributed by atoms with E-state index in [0.29, 0.717) is 23.0 Å². The van der Waals surface area contributed by atoms with Crippen LogP contribution in [0.4, 0.5) is 0 Å². The molecule has 0 aliphatic heterocycles. The molecule has 26 heavy (non-hydrogen) atoms. The largest absolute Gasteiger partial charge is 0.497 e. The third-order valence-corrected chi connectivity index (χ3v) is 4.95. The monoisotopic (exact) mass is 358 g/mol. The second-order valence-corrected chi connectivity index (χ2v) is 7.24. The van der Waals surface area contributed by atoms with Crippen LogP contribution in [0, 0.1) is 5.92 Å². The first-order valence-corrected chi connectivity index (χ1v) is 9.01. The molecule has 1 aliphatic rings. The zero-order valence-electron chi connectivity index (χ0n) is 15.5. The number of hydrogen-bond donors (Lipinski definition) is 2. The molecular formula is C19H26N4O3. The summed E-state index contributed by atoms with van der Waals surface area (Å²) < 4.78 is 10.6. The number of rotatable bonds is 6. The van der Waals surface area contributed by atoms with Crippen LogP contribution in [-0.4, -0.2) is 23.2 Å². The highest BCUT2D eigenvalue weighted by Gasteiger charge is 2.37. The van der Waals surface area contributed by atoms with Gasteiger partial charge in [0, 0.05) is 5.56 Å². The highest BCUT2D eigenvalue weighted by atomic mass is 16.5. The van der Waals surface area contributed by atoms with Gasteiger partial charge in [0.1, 0.15) is 11.8 Å². The summed E-state index contributed by atoms with van der Waals surface area (Å²) in [6, 6.07) is 6.57. The van der Waals surface area contributed by atoms with Crippen molar-refractivity contribution < 1.29 is 14.1 Å². The summed E-state index contributed by atoms with van der Waals surface area (Å²) in [5.41, 5.74) is 6.44. The van der Waals surface area contributed by atoms with Gasteiger partial charge >= 0.3 is 0 Å². The molecule has 2 aromatic rings. The summed E-state index contributed by atoms with van der Waals surface area (Å²) >= 11 is 0. The van der Waals surface area contributed by atoms with Crippen LogP contribution >= 0.6 is 0 Å². The molecule has 0 radical (unpaired) electrons. The molecule has 1 aliphatic carbocycles. The van der Waals surface area contributed by atoms with Crippen LogP contribution in [-0.2, 0) is 5.54 Å². The van der Waals surface area contributed by atoms with Gasteiger partial charge in [-0.15, -0.1) is 0 Å². The number of nitrogens with two attached hydrogens (primary N) is 1. The van der Waals surface area contributed by atoms with E-state index in [2.05, 4.69) is 15.5 Å². The molecule has 1 heterocycles. The summed E-state index contributed by atoms with van der Waals surface area (Å²) in [6.07, 6.45) is 3.86. The lowest BCUT2D eigenvalue weighted by molar-refractivity contribution is 0.0914. The number of aromatic nitrogens is 2. The average molecular weight is 358 g/mol. The fourth-order valence-electron chi connectivity index (χ4n) is 3.27. The Morgan fingerprint density at radius 1 is 1.27 bits per heavy atom. The first-order valence-electron chi connectivity index (χ1n) is 9.01. The van der Waals surface area contributed by atoms with Crippen LogP contribution in [0.15, 0.2) is 28.8 Å². The first kappa shape index (κ1) is 18.4. The van der Waals surface area contributed by atoms with Gasteiger partial charge in [-0.2, -0.15) is 4.98 Å². The van der Waals surface area contributed by atoms with Crippen molar-refractivity contribution >= 4 is 5.91 Å². The molecule has 0 spiro atoms. The SMILES string of the molecule is COc1ccc(C(=O)NC(c2nc(C3(N)CCCC3)no2)C(C)C)cc1. The van der Waals surface area contributed by atoms with Crippen LogP contribution in [0.1, 0.15) is 67.6 Å². The van der Waals surface area contributed by atoms with Crippen molar-refractivity contribution in [1.29, 1.82) is 0 Å². The molecule has 1 fully saturated rings. The Hall–Kier alpha value is -2.41. The molecule has 0 saturated heterocycles. The van der Waals surface area contributed by atoms with Crippen molar-refractivity contribution in [1.82, 2.24) is 15.5 Å². The van der Waals surface area contributed by atoms with Crippen LogP contribution < -0.4 is 15.8 Å². The molecule has 1 aromatic carbocycles. The Kier molecular flexibility index (Phi) is 5.27. The smallest absolute Gasteiger partial charge is 0.251 e. The normalized spacial score (nSPS) is 17.3. The van der Waals surface area contributed by atoms with Crippen molar-refractivity contribution in [3.63, 3.8) is 0 Å². The Labute approximate surface area is 153 Å². The Bertz CT molecular complexity index is 748. The van der Waals surface area contributed by atoms with Crippen LogP contribution in [0.3, 0.4) is 0 Å². The van der Waals surface area contributed by atoms with Crippen molar-refractivity contribution in [2.45, 2.75) is 51.1 Å². The fraction of sp³-hybridized carbons (Fsp3) is 0.526. The number of amides is 1. The number of carbonyl (C=O) groups excluding carboxylic acids is 1. The van der Waals surface area contributed by atoms with Crippen LogP contribution in [0.25, 0.3) is 0 Å². The Morgan fingerprint density at radius 3 is 2.50 bits per heavy atom. The number of nitrogens with one attached hydrogen (secondary N) is 1. The van der Waals surface area contributed by atoms with E-state index in [0.717, 1.165) is 25.7 Å². The summed E-state index contributed by atoms with van der Waals surface area (Å²) in [5, 5.41) is 7.08. The minimum Gasteiger partial charge on any atom is -0.497 e. The molecule has 1 aromatic heterocycles. The van der Waals surface area contributed by atoms with Crippen LogP contribution in [0.2, 0.25) is 0 Å². The van der Waals surface area contributed by atoms with Crippen molar-refractivity contribution in [2.75, 3.05) is 7.11 Å². The molecule has 1 amide bonds. The van der Waals surface area contributed by atoms with Crippen LogP contribution in [0.5, 0.6) is 5.75 Å². The summed E-state index contributed by atoms with van der Waals surface area (Å²) in [5.74, 6) is 1.52. The van der Waals surface area contributed by atoms with Gasteiger partial charge in [-0.25, -0.2) is 0 Å². The molecule has 0 bridgehead atoms. The minimum absolute atomic E-state index is 0.0859. The van der Waals surface area contributed by atoms with E-state index in [1.807, 2.05) is 13.8 Å². The third-order valence-electron chi connectivity index (χ3n) is 4.95. The molecule has 3 rings (SSSR count). The molecule has 7 heteroatoms. The lowest BCUT2D eigenvalue weighted by atomic mass is 9.98. The minimum atomic E-state index is -0.511. The van der Waals surface area contributed by atoms with Gasteiger partial charge in [0.05, 0.1) is 12.6 Å². The number of carbonyl (C=O) groups is 1. The molecule has 1 atom stereocenters. The number of methoxy groups -OCH3 is 1. The van der Waals surface area contributed by atoms with Gasteiger partial charge < -0.3 is 20.3 Å². The predicted molar refractivity (Wildman–Crippen MR) is 96.7 cm³/mol. The van der Waals surface area contributed by atoms with Crippen molar-refractivity contribution in [3.8, 4) is 5.75 Å². The Balaban J connectivity index is 1.76. The number of benzene rings is 1. The number of nitrogens with zero attached hydrogens (tertiary/aromatic N) is 2. The lowest BCUT2D eigenvalue weighted by Gasteiger charge is -2.20. The van der Waals surface area contributed by atoms with Crippen molar-refractivity contribution in [3.05, 3.63) is 41.5 Å². The lowest BCUT2D eigenvalue weighted by Crippen LogP contribution is -2.35. The van der Waals surface area contributed by atoms with Gasteiger partial charge in [0.25, 0.3) is 5.91 Å². The fourth-order valence-corrected chi connectivity index (χ4v) is 3.27. The van der Waals surface area contributed by atoms with E-state index in [9.17, 15) is 4.79 Å². The van der Waals surface area contributed by atoms with E-state index in [4.69, 9.17) is 15.0 Å². The van der Waals surface area contributed by atoms with Gasteiger partial charge in [-0.1, -0.05) is 31.8 Å². The van der Waals surface area contributed by atoms with Gasteiger partial charge in [0.2, 0.25) is 5.89 Å². The maximum atomic E-state index is 12.6. The molecule has 1 saturated carbocycles. The number of hydrogen-bond acceptors (Lipinski definition) is 6. The zero-order valence-corrected chi connectivity index (χ0v) is 15.5. The summed E-state index contributed by atoms with van der Waals surface area (Å²) in [7, 11) is 1.59. The third kappa shape index (κ3) is 3.72. The van der Waals surface area contributed by atoms with Gasteiger partial charge in [0.15, 0.2) is 5.82 Å². The molecule has 140 valence electrons. The maximum Gasteiger partial charge on any atom is 0.251 e. The molecule has 1 unspecified atom stereocenters. The summed E-state index contributed by atoms with van der Waals surface area (Å²) in [6.45, 7) is 3.99. The molecule has 3 N–H and O–H groups in total. The highest BCUT2D eigenvalue weighted by molar-refractivity contribution is 5.94. The second kappa shape index (κ2) is 7.45. The van der Waals surface area contributed by atoms with E-state index in [-0.39, 0.29) is 17.9 Å². The second-order valence-electron chi connectivity index (χ2n) is 7.24. The zero-order chi connectivity index (χ0) is 18.7. The molecule has 7 nitrogen and oxygen atoms in total. The van der Waals surface area contributed by atoms with Gasteiger partial charge in [-0.05, 0) is 43.0 Å². The quantitative estimate of drug-likeness (QED) is 0.823. The summed E-state index contributed by atoms with van der Waals surface area (Å²) in [4.78, 5) is 17.1. The van der Waals surface area contributed by atoms with Gasteiger partial charge in [-0.3, -0.25) is 4.79 Å². The van der Waals surface area contributed by atoms with E-state index in [1.165, 1.54) is 0 Å². The maximum absolute atomic E-state index is 12.6. The number of ether oxygens (including phenoxy) is 1. The topological polar surface area (TPSA) is 103 Å². The van der Waals surface area contributed by atoms with E-state index < -0.39 is 5.54 Å². The highest BCUT2D eigenvalue weighted by Crippen LogP contribution is 2.35. The van der Waals surface area contributed by atoms with Crippen molar-refractivity contribution in [2.24, 2.45) is 11.7 Å². The van der Waals surface area contributed by atoms with E-state index in [1.54, 1.807) is 31.4 Å². The Morgan fingerprint density at radius 2 is 1.92 bits per heavy atom. The average Bonchev–Trinajstić information content (AvgIpc) is 3.29. The predicted octanol–water partition coefficient (Wildman–Crippen LogP) is 2.93.